The lowest BCUT2D eigenvalue weighted by Gasteiger charge is -2.10. The highest BCUT2D eigenvalue weighted by molar-refractivity contribution is 14.1. The number of ether oxygens (including phenoxy) is 2. The lowest BCUT2D eigenvalue weighted by molar-refractivity contribution is 0.102. The number of halogens is 1. The molecule has 0 saturated heterocycles. The molecule has 2 aromatic rings. The van der Waals surface area contributed by atoms with Gasteiger partial charge in [0.15, 0.2) is 0 Å². The van der Waals surface area contributed by atoms with Gasteiger partial charge in [0.25, 0.3) is 5.91 Å². The maximum Gasteiger partial charge on any atom is 0.255 e. The molecule has 0 atom stereocenters. The van der Waals surface area contributed by atoms with E-state index in [-0.39, 0.29) is 5.91 Å². The minimum absolute atomic E-state index is 0.168. The van der Waals surface area contributed by atoms with Gasteiger partial charge in [-0.1, -0.05) is 6.07 Å². The molecule has 0 spiro atoms. The number of hydrogen-bond acceptors (Lipinski definition) is 3. The smallest absolute Gasteiger partial charge is 0.255 e. The molecule has 4 nitrogen and oxygen atoms in total. The number of benzene rings is 2. The van der Waals surface area contributed by atoms with Gasteiger partial charge in [-0.3, -0.25) is 4.79 Å². The zero-order chi connectivity index (χ0) is 14.5. The van der Waals surface area contributed by atoms with Crippen LogP contribution >= 0.6 is 22.6 Å². The summed E-state index contributed by atoms with van der Waals surface area (Å²) < 4.78 is 11.4. The fourth-order valence-electron chi connectivity index (χ4n) is 1.71. The van der Waals surface area contributed by atoms with E-state index in [0.717, 1.165) is 3.57 Å². The largest absolute Gasteiger partial charge is 0.497 e. The predicted octanol–water partition coefficient (Wildman–Crippen LogP) is 3.56. The Labute approximate surface area is 131 Å². The van der Waals surface area contributed by atoms with Gasteiger partial charge in [0.1, 0.15) is 11.5 Å². The molecule has 0 aliphatic rings. The monoisotopic (exact) mass is 383 g/mol. The molecule has 0 fully saturated rings. The minimum Gasteiger partial charge on any atom is -0.497 e. The average molecular weight is 383 g/mol. The number of carbonyl (C=O) groups is 1. The Bertz CT molecular complexity index is 606. The first-order chi connectivity index (χ1) is 9.62. The Hall–Kier alpha value is -1.76. The van der Waals surface area contributed by atoms with Gasteiger partial charge in [0.05, 0.1) is 14.2 Å². The Balaban J connectivity index is 2.23. The first kappa shape index (κ1) is 14.6. The number of nitrogens with one attached hydrogen (secondary N) is 1. The zero-order valence-electron chi connectivity index (χ0n) is 11.1. The van der Waals surface area contributed by atoms with Crippen LogP contribution in [0.5, 0.6) is 11.5 Å². The topological polar surface area (TPSA) is 47.6 Å². The molecule has 20 heavy (non-hydrogen) atoms. The highest BCUT2D eigenvalue weighted by Gasteiger charge is 2.08. The van der Waals surface area contributed by atoms with Crippen LogP contribution < -0.4 is 14.8 Å². The van der Waals surface area contributed by atoms with Crippen molar-refractivity contribution < 1.29 is 14.3 Å². The van der Waals surface area contributed by atoms with Gasteiger partial charge in [-0.15, -0.1) is 0 Å². The Morgan fingerprint density at radius 2 is 1.70 bits per heavy atom. The van der Waals surface area contributed by atoms with Crippen molar-refractivity contribution in [1.29, 1.82) is 0 Å². The van der Waals surface area contributed by atoms with Gasteiger partial charge >= 0.3 is 0 Å². The summed E-state index contributed by atoms with van der Waals surface area (Å²) in [6.07, 6.45) is 0. The molecule has 104 valence electrons. The van der Waals surface area contributed by atoms with Crippen LogP contribution in [0.15, 0.2) is 42.5 Å². The summed E-state index contributed by atoms with van der Waals surface area (Å²) in [5.74, 6) is 1.09. The summed E-state index contributed by atoms with van der Waals surface area (Å²) in [6, 6.07) is 12.6. The molecule has 0 unspecified atom stereocenters. The third-order valence-electron chi connectivity index (χ3n) is 2.70. The number of hydrogen-bond donors (Lipinski definition) is 1. The third-order valence-corrected chi connectivity index (χ3v) is 3.37. The van der Waals surface area contributed by atoms with Crippen LogP contribution in [-0.4, -0.2) is 20.1 Å². The van der Waals surface area contributed by atoms with E-state index in [1.807, 2.05) is 18.2 Å². The summed E-state index contributed by atoms with van der Waals surface area (Å²) in [7, 11) is 3.14. The van der Waals surface area contributed by atoms with Gasteiger partial charge < -0.3 is 14.8 Å². The van der Waals surface area contributed by atoms with E-state index in [9.17, 15) is 4.79 Å². The van der Waals surface area contributed by atoms with Crippen LogP contribution in [0.1, 0.15) is 10.4 Å². The van der Waals surface area contributed by atoms with E-state index in [2.05, 4.69) is 27.9 Å². The molecule has 2 aromatic carbocycles. The van der Waals surface area contributed by atoms with Crippen LogP contribution in [0.2, 0.25) is 0 Å². The maximum absolute atomic E-state index is 12.2. The molecule has 0 bridgehead atoms. The summed E-state index contributed by atoms with van der Waals surface area (Å²) in [4.78, 5) is 12.2. The first-order valence-electron chi connectivity index (χ1n) is 5.92. The Kier molecular flexibility index (Phi) is 4.84. The fraction of sp³-hybridized carbons (Fsp3) is 0.133. The molecule has 0 aliphatic carbocycles. The van der Waals surface area contributed by atoms with Crippen molar-refractivity contribution in [3.63, 3.8) is 0 Å². The van der Waals surface area contributed by atoms with Gasteiger partial charge in [0, 0.05) is 33.0 Å². The van der Waals surface area contributed by atoms with Crippen molar-refractivity contribution in [2.75, 3.05) is 19.5 Å². The van der Waals surface area contributed by atoms with Crippen molar-refractivity contribution in [3.05, 3.63) is 51.6 Å². The molecular weight excluding hydrogens is 369 g/mol. The second-order valence-electron chi connectivity index (χ2n) is 4.07. The second kappa shape index (κ2) is 6.60. The highest BCUT2D eigenvalue weighted by Crippen LogP contribution is 2.26. The van der Waals surface area contributed by atoms with Crippen molar-refractivity contribution in [3.8, 4) is 11.5 Å². The van der Waals surface area contributed by atoms with E-state index in [4.69, 9.17) is 9.47 Å². The van der Waals surface area contributed by atoms with E-state index in [0.29, 0.717) is 22.7 Å². The second-order valence-corrected chi connectivity index (χ2v) is 5.31. The maximum atomic E-state index is 12.2. The number of rotatable bonds is 4. The molecule has 0 heterocycles. The van der Waals surface area contributed by atoms with Crippen molar-refractivity contribution >= 4 is 34.2 Å². The summed E-state index contributed by atoms with van der Waals surface area (Å²) >= 11 is 2.17. The van der Waals surface area contributed by atoms with Gasteiger partial charge in [-0.2, -0.15) is 0 Å². The molecule has 0 radical (unpaired) electrons. The molecule has 0 aromatic heterocycles. The summed E-state index contributed by atoms with van der Waals surface area (Å²) in [5.41, 5.74) is 1.24. The number of methoxy groups -OCH3 is 2. The summed E-state index contributed by atoms with van der Waals surface area (Å²) in [6.45, 7) is 0. The number of anilines is 1. The molecule has 2 rings (SSSR count). The molecule has 1 amide bonds. The average Bonchev–Trinajstić information content (AvgIpc) is 2.46. The Morgan fingerprint density at radius 1 is 1.05 bits per heavy atom. The predicted molar refractivity (Wildman–Crippen MR) is 86.7 cm³/mol. The Morgan fingerprint density at radius 3 is 2.25 bits per heavy atom. The molecule has 1 N–H and O–H groups in total. The fourth-order valence-corrected chi connectivity index (χ4v) is 2.26. The van der Waals surface area contributed by atoms with E-state index < -0.39 is 0 Å². The van der Waals surface area contributed by atoms with Crippen LogP contribution in [0.25, 0.3) is 0 Å². The molecule has 0 saturated carbocycles. The van der Waals surface area contributed by atoms with E-state index in [1.54, 1.807) is 38.5 Å². The third kappa shape index (κ3) is 3.63. The van der Waals surface area contributed by atoms with Crippen LogP contribution in [0, 0.1) is 3.57 Å². The van der Waals surface area contributed by atoms with Gasteiger partial charge in [0.2, 0.25) is 0 Å². The molecule has 0 aliphatic heterocycles. The van der Waals surface area contributed by atoms with E-state index >= 15 is 0 Å². The van der Waals surface area contributed by atoms with E-state index in [1.165, 1.54) is 0 Å². The highest BCUT2D eigenvalue weighted by atomic mass is 127. The van der Waals surface area contributed by atoms with Crippen molar-refractivity contribution in [2.24, 2.45) is 0 Å². The summed E-state index contributed by atoms with van der Waals surface area (Å²) in [5, 5.41) is 2.83. The standard InChI is InChI=1S/C15H14INO3/c1-19-13-7-12(8-14(9-13)20-2)17-15(18)10-4-3-5-11(16)6-10/h3-9H,1-2H3,(H,17,18). The zero-order valence-corrected chi connectivity index (χ0v) is 13.3. The lowest BCUT2D eigenvalue weighted by atomic mass is 10.2. The minimum atomic E-state index is -0.168. The number of carbonyl (C=O) groups excluding carboxylic acids is 1. The van der Waals surface area contributed by atoms with Crippen molar-refractivity contribution in [1.82, 2.24) is 0 Å². The number of amides is 1. The van der Waals surface area contributed by atoms with Crippen molar-refractivity contribution in [2.45, 2.75) is 0 Å². The quantitative estimate of drug-likeness (QED) is 0.822. The lowest BCUT2D eigenvalue weighted by Crippen LogP contribution is -2.12. The van der Waals surface area contributed by atoms with Gasteiger partial charge in [-0.05, 0) is 40.8 Å². The van der Waals surface area contributed by atoms with Gasteiger partial charge in [-0.25, -0.2) is 0 Å². The SMILES string of the molecule is COc1cc(NC(=O)c2cccc(I)c2)cc(OC)c1. The first-order valence-corrected chi connectivity index (χ1v) is 7.00. The normalized spacial score (nSPS) is 9.95. The molecular formula is C15H14INO3. The van der Waals surface area contributed by atoms with Crippen LogP contribution in [0.4, 0.5) is 5.69 Å². The molecule has 5 heteroatoms. The van der Waals surface area contributed by atoms with Crippen LogP contribution in [-0.2, 0) is 0 Å². The van der Waals surface area contributed by atoms with Crippen LogP contribution in [0.3, 0.4) is 0 Å².